The van der Waals surface area contributed by atoms with Gasteiger partial charge in [-0.05, 0) is 97.7 Å². The first-order valence-electron chi connectivity index (χ1n) is 17.6. The van der Waals surface area contributed by atoms with E-state index in [0.717, 1.165) is 36.1 Å². The molecular weight excluding hydrogens is 644 g/mol. The number of phenolic OH excluding ortho intramolecular Hbond substituents is 1. The molecule has 3 saturated carbocycles. The minimum atomic E-state index is -3.57. The van der Waals surface area contributed by atoms with E-state index in [1.54, 1.807) is 12.1 Å². The molecule has 48 heavy (non-hydrogen) atoms. The van der Waals surface area contributed by atoms with Crippen LogP contribution in [0.15, 0.2) is 42.5 Å². The summed E-state index contributed by atoms with van der Waals surface area (Å²) in [6.45, 7) is 15.7. The third kappa shape index (κ3) is 8.40. The lowest BCUT2D eigenvalue weighted by Crippen LogP contribution is -2.61. The van der Waals surface area contributed by atoms with Gasteiger partial charge in [-0.3, -0.25) is 9.69 Å². The molecule has 0 aromatic heterocycles. The largest absolute Gasteiger partial charge is 0.508 e. The topological polar surface area (TPSA) is 93.2 Å². The standard InChI is InChI=1S/C38H57ClN4O4S/c1-25-32-18-29(38(32,5)6)19-33(25)40-36(45)34-14-15-48(46,47)43(34)22-27-11-9-10-26(16-27)21-42(23-28-17-30(39)12-13-35(28)44)31(24-41(7)8)20-37(2,3)4/h9-13,16-17,25,29,31-34,44H,14-15,18-24H2,1-8H3,(H,40,45)/t25-,29+,31-,32-,33-,34?/m0/s1. The monoisotopic (exact) mass is 700 g/mol. The number of hydrogen-bond donors (Lipinski definition) is 2. The number of sulfonamides is 1. The fourth-order valence-electron chi connectivity index (χ4n) is 8.70. The smallest absolute Gasteiger partial charge is 0.238 e. The number of hydrogen-bond acceptors (Lipinski definition) is 6. The highest BCUT2D eigenvalue weighted by Crippen LogP contribution is 2.61. The van der Waals surface area contributed by atoms with Crippen LogP contribution in [-0.2, 0) is 34.5 Å². The second-order valence-corrected chi connectivity index (χ2v) is 19.4. The maximum atomic E-state index is 13.7. The van der Waals surface area contributed by atoms with E-state index in [2.05, 4.69) is 82.9 Å². The summed E-state index contributed by atoms with van der Waals surface area (Å²) in [6, 6.07) is 12.8. The molecule has 2 bridgehead atoms. The van der Waals surface area contributed by atoms with E-state index in [4.69, 9.17) is 11.6 Å². The molecular formula is C38H57ClN4O4S. The lowest BCUT2D eigenvalue weighted by molar-refractivity contribution is -0.136. The highest BCUT2D eigenvalue weighted by Gasteiger charge is 2.56. The zero-order chi connectivity index (χ0) is 35.2. The Morgan fingerprint density at radius 1 is 1.10 bits per heavy atom. The Labute approximate surface area is 294 Å². The van der Waals surface area contributed by atoms with Crippen LogP contribution in [0, 0.1) is 28.6 Å². The maximum absolute atomic E-state index is 13.7. The van der Waals surface area contributed by atoms with E-state index in [-0.39, 0.29) is 41.5 Å². The minimum Gasteiger partial charge on any atom is -0.508 e. The van der Waals surface area contributed by atoms with Gasteiger partial charge in [0.2, 0.25) is 15.9 Å². The van der Waals surface area contributed by atoms with Gasteiger partial charge in [-0.15, -0.1) is 0 Å². The molecule has 6 atom stereocenters. The van der Waals surface area contributed by atoms with Gasteiger partial charge in [0.05, 0.1) is 5.75 Å². The number of halogens is 1. The van der Waals surface area contributed by atoms with Gasteiger partial charge >= 0.3 is 0 Å². The Balaban J connectivity index is 1.35. The molecule has 2 aromatic carbocycles. The summed E-state index contributed by atoms with van der Waals surface area (Å²) in [4.78, 5) is 18.3. The summed E-state index contributed by atoms with van der Waals surface area (Å²) in [5, 5.41) is 14.6. The molecule has 1 heterocycles. The van der Waals surface area contributed by atoms with Crippen molar-refractivity contribution in [2.75, 3.05) is 26.4 Å². The summed E-state index contributed by atoms with van der Waals surface area (Å²) in [5.41, 5.74) is 3.06. The molecule has 4 fully saturated rings. The van der Waals surface area contributed by atoms with E-state index in [1.165, 1.54) is 10.7 Å². The Morgan fingerprint density at radius 3 is 2.46 bits per heavy atom. The van der Waals surface area contributed by atoms with Crippen LogP contribution in [0.3, 0.4) is 0 Å². The molecule has 0 radical (unpaired) electrons. The van der Waals surface area contributed by atoms with Gasteiger partial charge in [-0.25, -0.2) is 8.42 Å². The SMILES string of the molecule is C[C@@H]1[C@@H](NC(=O)C2CCS(=O)(=O)N2Cc2cccc(CN(Cc3cc(Cl)ccc3O)[C@H](CN(C)C)CC(C)(C)C)c2)C[C@H]2C[C@@H]1C2(C)C. The molecule has 2 N–H and O–H groups in total. The summed E-state index contributed by atoms with van der Waals surface area (Å²) in [7, 11) is 0.582. The van der Waals surface area contributed by atoms with Crippen LogP contribution in [0.25, 0.3) is 0 Å². The van der Waals surface area contributed by atoms with Crippen LogP contribution >= 0.6 is 11.6 Å². The van der Waals surface area contributed by atoms with E-state index in [9.17, 15) is 18.3 Å². The number of nitrogens with zero attached hydrogens (tertiary/aromatic N) is 3. The zero-order valence-corrected chi connectivity index (χ0v) is 31.7. The Bertz CT molecular complexity index is 1570. The Morgan fingerprint density at radius 2 is 1.81 bits per heavy atom. The zero-order valence-electron chi connectivity index (χ0n) is 30.2. The van der Waals surface area contributed by atoms with Crippen LogP contribution in [0.2, 0.25) is 5.02 Å². The quantitative estimate of drug-likeness (QED) is 0.263. The molecule has 2 aromatic rings. The van der Waals surface area contributed by atoms with Crippen LogP contribution in [-0.4, -0.2) is 78.1 Å². The van der Waals surface area contributed by atoms with Crippen LogP contribution in [0.4, 0.5) is 0 Å². The number of benzene rings is 2. The van der Waals surface area contributed by atoms with Gasteiger partial charge in [-0.2, -0.15) is 4.31 Å². The third-order valence-corrected chi connectivity index (χ3v) is 13.5. The van der Waals surface area contributed by atoms with E-state index in [1.807, 2.05) is 18.2 Å². The molecule has 0 spiro atoms. The first-order chi connectivity index (χ1) is 22.3. The van der Waals surface area contributed by atoms with Gasteiger partial charge in [0, 0.05) is 48.8 Å². The normalized spacial score (nSPS) is 27.2. The fraction of sp³-hybridized carbons (Fsp3) is 0.658. The molecule has 4 aliphatic rings. The number of amides is 1. The van der Waals surface area contributed by atoms with Crippen molar-refractivity contribution in [3.8, 4) is 5.75 Å². The minimum absolute atomic E-state index is 0.0147. The fourth-order valence-corrected chi connectivity index (χ4v) is 10.6. The Kier molecular flexibility index (Phi) is 11.0. The molecule has 1 unspecified atom stereocenters. The molecule has 1 saturated heterocycles. The predicted octanol–water partition coefficient (Wildman–Crippen LogP) is 6.51. The van der Waals surface area contributed by atoms with Crippen molar-refractivity contribution in [1.82, 2.24) is 19.4 Å². The van der Waals surface area contributed by atoms with Crippen molar-refractivity contribution in [2.45, 2.75) is 105 Å². The van der Waals surface area contributed by atoms with Crippen molar-refractivity contribution in [3.63, 3.8) is 0 Å². The van der Waals surface area contributed by atoms with E-state index in [0.29, 0.717) is 47.7 Å². The van der Waals surface area contributed by atoms with Crippen molar-refractivity contribution in [1.29, 1.82) is 0 Å². The third-order valence-electron chi connectivity index (χ3n) is 11.4. The van der Waals surface area contributed by atoms with Crippen molar-refractivity contribution in [3.05, 3.63) is 64.2 Å². The number of phenols is 1. The van der Waals surface area contributed by atoms with Crippen molar-refractivity contribution < 1.29 is 18.3 Å². The van der Waals surface area contributed by atoms with Gasteiger partial charge in [-0.1, -0.05) is 77.4 Å². The lowest BCUT2D eigenvalue weighted by Gasteiger charge is -2.62. The van der Waals surface area contributed by atoms with Crippen molar-refractivity contribution >= 4 is 27.5 Å². The molecule has 8 nitrogen and oxygen atoms in total. The van der Waals surface area contributed by atoms with Gasteiger partial charge < -0.3 is 15.3 Å². The molecule has 3 aliphatic carbocycles. The predicted molar refractivity (Wildman–Crippen MR) is 194 cm³/mol. The van der Waals surface area contributed by atoms with Crippen LogP contribution in [0.5, 0.6) is 5.75 Å². The van der Waals surface area contributed by atoms with Crippen LogP contribution < -0.4 is 5.32 Å². The van der Waals surface area contributed by atoms with Gasteiger partial charge in [0.1, 0.15) is 11.8 Å². The highest BCUT2D eigenvalue weighted by molar-refractivity contribution is 7.89. The average Bonchev–Trinajstić information content (AvgIpc) is 3.27. The number of likely N-dealkylation sites (N-methyl/N-ethyl adjacent to an activating group) is 1. The lowest BCUT2D eigenvalue weighted by atomic mass is 9.45. The first kappa shape index (κ1) is 37.1. The average molecular weight is 701 g/mol. The summed E-state index contributed by atoms with van der Waals surface area (Å²) < 4.78 is 28.1. The second-order valence-electron chi connectivity index (χ2n) is 16.9. The molecule has 10 heteroatoms. The molecule has 6 rings (SSSR count). The van der Waals surface area contributed by atoms with E-state index >= 15 is 0 Å². The number of carbonyl (C=O) groups excluding carboxylic acids is 1. The first-order valence-corrected chi connectivity index (χ1v) is 19.6. The molecule has 1 aliphatic heterocycles. The number of carbonyl (C=O) groups is 1. The Hall–Kier alpha value is -2.17. The number of rotatable bonds is 12. The molecule has 266 valence electrons. The maximum Gasteiger partial charge on any atom is 0.238 e. The van der Waals surface area contributed by atoms with Gasteiger partial charge in [0.25, 0.3) is 0 Å². The van der Waals surface area contributed by atoms with Gasteiger partial charge in [0.15, 0.2) is 0 Å². The summed E-state index contributed by atoms with van der Waals surface area (Å²) >= 11 is 6.35. The number of nitrogens with one attached hydrogen (secondary N) is 1. The number of fused-ring (bicyclic) bond motifs is 2. The molecule has 1 amide bonds. The summed E-state index contributed by atoms with van der Waals surface area (Å²) in [5.74, 6) is 1.62. The highest BCUT2D eigenvalue weighted by atomic mass is 35.5. The van der Waals surface area contributed by atoms with Crippen molar-refractivity contribution in [2.24, 2.45) is 28.6 Å². The van der Waals surface area contributed by atoms with E-state index < -0.39 is 16.1 Å². The number of aromatic hydroxyl groups is 1. The summed E-state index contributed by atoms with van der Waals surface area (Å²) in [6.07, 6.45) is 3.44. The second kappa shape index (κ2) is 14.2. The van der Waals surface area contributed by atoms with Crippen LogP contribution in [0.1, 0.15) is 83.9 Å².